The van der Waals surface area contributed by atoms with E-state index in [1.807, 2.05) is 0 Å². The van der Waals surface area contributed by atoms with Crippen molar-refractivity contribution in [1.29, 1.82) is 0 Å². The topological polar surface area (TPSA) is 239 Å². The van der Waals surface area contributed by atoms with Crippen molar-refractivity contribution >= 4 is 24.1 Å². The van der Waals surface area contributed by atoms with Gasteiger partial charge in [-0.15, -0.1) is 0 Å². The third-order valence-corrected chi connectivity index (χ3v) is 10.7. The Kier molecular flexibility index (Phi) is 15.4. The van der Waals surface area contributed by atoms with Crippen molar-refractivity contribution in [3.63, 3.8) is 0 Å². The molecule has 0 saturated carbocycles. The fourth-order valence-electron chi connectivity index (χ4n) is 7.35. The van der Waals surface area contributed by atoms with Gasteiger partial charge >= 0.3 is 11.9 Å². The summed E-state index contributed by atoms with van der Waals surface area (Å²) in [7, 11) is 5.63. The van der Waals surface area contributed by atoms with Gasteiger partial charge in [0, 0.05) is 24.7 Å². The van der Waals surface area contributed by atoms with Gasteiger partial charge in [0.05, 0.1) is 41.2 Å². The minimum absolute atomic E-state index is 0.0105. The van der Waals surface area contributed by atoms with Crippen molar-refractivity contribution in [2.45, 2.75) is 43.2 Å². The highest BCUT2D eigenvalue weighted by atomic mass is 16.7. The van der Waals surface area contributed by atoms with Crippen LogP contribution in [0.4, 0.5) is 0 Å². The number of ether oxygens (including phenoxy) is 9. The molecule has 0 unspecified atom stereocenters. The second kappa shape index (κ2) is 21.0. The first kappa shape index (κ1) is 46.0. The first-order valence-corrected chi connectivity index (χ1v) is 19.8. The van der Waals surface area contributed by atoms with Gasteiger partial charge in [-0.05, 0) is 95.3 Å². The molecule has 8 atom stereocenters. The molecule has 2 fully saturated rings. The standard InChI is InChI=1S/C46H50O17/c1-55-35-18-25(5-11-31(35)48)8-15-40(51)59-24-39-45(63-41(52)16-9-26-6-12-32(49)36(19-26)56-2)42(53)43(54)46(62-39)61-34-14-7-27(20-38(34)58-4)17-29-23-60-44(30(29)22-47)28-10-13-33(50)37(21-28)57-3/h5-16,18-21,29-30,39,42-50,53-54H,17,22-24H2,1-4H3/b15-8+,16-9+/t29-,30-,39+,42+,43+,44+,45+,46+/m0/s1. The van der Waals surface area contributed by atoms with Gasteiger partial charge in [-0.3, -0.25) is 0 Å². The van der Waals surface area contributed by atoms with Crippen LogP contribution in [0.5, 0.6) is 46.0 Å². The molecule has 63 heavy (non-hydrogen) atoms. The number of aliphatic hydroxyl groups is 3. The quantitative estimate of drug-likeness (QED) is 0.0647. The van der Waals surface area contributed by atoms with E-state index in [1.54, 1.807) is 36.4 Å². The smallest absolute Gasteiger partial charge is 0.331 e. The molecule has 0 aliphatic carbocycles. The van der Waals surface area contributed by atoms with Crippen LogP contribution < -0.4 is 23.7 Å². The Balaban J connectivity index is 1.17. The Morgan fingerprint density at radius 3 is 1.89 bits per heavy atom. The van der Waals surface area contributed by atoms with Crippen molar-refractivity contribution < 1.29 is 82.9 Å². The van der Waals surface area contributed by atoms with Crippen molar-refractivity contribution in [1.82, 2.24) is 0 Å². The van der Waals surface area contributed by atoms with Gasteiger partial charge in [0.25, 0.3) is 0 Å². The van der Waals surface area contributed by atoms with Gasteiger partial charge in [0.15, 0.2) is 52.1 Å². The van der Waals surface area contributed by atoms with Crippen LogP contribution in [0, 0.1) is 11.8 Å². The summed E-state index contributed by atoms with van der Waals surface area (Å²) in [6.45, 7) is -0.372. The second-order valence-electron chi connectivity index (χ2n) is 14.7. The van der Waals surface area contributed by atoms with Gasteiger partial charge in [-0.2, -0.15) is 0 Å². The maximum atomic E-state index is 13.1. The molecule has 0 spiro atoms. The first-order chi connectivity index (χ1) is 30.3. The first-order valence-electron chi connectivity index (χ1n) is 19.8. The van der Waals surface area contributed by atoms with E-state index >= 15 is 0 Å². The predicted molar refractivity (Wildman–Crippen MR) is 224 cm³/mol. The van der Waals surface area contributed by atoms with Gasteiger partial charge in [0.1, 0.15) is 24.9 Å². The van der Waals surface area contributed by atoms with Crippen LogP contribution >= 0.6 is 0 Å². The molecule has 0 amide bonds. The van der Waals surface area contributed by atoms with Crippen LogP contribution in [0.2, 0.25) is 0 Å². The molecule has 17 nitrogen and oxygen atoms in total. The Hall–Kier alpha value is -6.50. The minimum atomic E-state index is -1.80. The van der Waals surface area contributed by atoms with Crippen LogP contribution in [0.25, 0.3) is 12.2 Å². The van der Waals surface area contributed by atoms with Gasteiger partial charge in [-0.1, -0.05) is 24.3 Å². The van der Waals surface area contributed by atoms with Gasteiger partial charge < -0.3 is 73.3 Å². The summed E-state index contributed by atoms with van der Waals surface area (Å²) < 4.78 is 50.4. The third-order valence-electron chi connectivity index (χ3n) is 10.7. The lowest BCUT2D eigenvalue weighted by atomic mass is 9.84. The Morgan fingerprint density at radius 2 is 1.29 bits per heavy atom. The fraction of sp³-hybridized carbons (Fsp3) is 0.348. The molecule has 2 aliphatic rings. The number of hydrogen-bond acceptors (Lipinski definition) is 17. The number of carbonyl (C=O) groups excluding carboxylic acids is 2. The maximum absolute atomic E-state index is 13.1. The van der Waals surface area contributed by atoms with Crippen molar-refractivity contribution in [2.24, 2.45) is 11.8 Å². The van der Waals surface area contributed by atoms with Crippen molar-refractivity contribution in [2.75, 3.05) is 48.3 Å². The predicted octanol–water partition coefficient (Wildman–Crippen LogP) is 4.08. The number of benzene rings is 4. The van der Waals surface area contributed by atoms with Crippen LogP contribution in [-0.2, 0) is 35.0 Å². The number of rotatable bonds is 17. The van der Waals surface area contributed by atoms with E-state index < -0.39 is 55.4 Å². The zero-order valence-electron chi connectivity index (χ0n) is 34.9. The Morgan fingerprint density at radius 1 is 0.698 bits per heavy atom. The van der Waals surface area contributed by atoms with E-state index in [2.05, 4.69) is 0 Å². The van der Waals surface area contributed by atoms with Crippen LogP contribution in [0.15, 0.2) is 84.9 Å². The largest absolute Gasteiger partial charge is 0.504 e. The molecule has 6 rings (SSSR count). The minimum Gasteiger partial charge on any atom is -0.504 e. The second-order valence-corrected chi connectivity index (χ2v) is 14.7. The molecule has 2 aliphatic heterocycles. The number of esters is 2. The van der Waals surface area contributed by atoms with E-state index in [-0.39, 0.29) is 58.7 Å². The highest BCUT2D eigenvalue weighted by Gasteiger charge is 2.48. The monoisotopic (exact) mass is 874 g/mol. The molecule has 17 heteroatoms. The molecule has 336 valence electrons. The number of aromatic hydroxyl groups is 3. The lowest BCUT2D eigenvalue weighted by molar-refractivity contribution is -0.281. The van der Waals surface area contributed by atoms with Crippen LogP contribution in [-0.4, -0.2) is 122 Å². The summed E-state index contributed by atoms with van der Waals surface area (Å²) in [6.07, 6.45) is -3.08. The van der Waals surface area contributed by atoms with Gasteiger partial charge in [0.2, 0.25) is 6.29 Å². The SMILES string of the molecule is COc1cc(/C=C/C(=O)OC[C@H]2O[C@@H](Oc3ccc(C[C@H]4CO[C@H](c5ccc(O)c(OC)c5)[C@H]4CO)cc3OC)[C@H](O)[C@@H](O)[C@@H]2OC(=O)/C=C/c2ccc(O)c(OC)c2)ccc1O. The van der Waals surface area contributed by atoms with Crippen LogP contribution in [0.3, 0.4) is 0 Å². The van der Waals surface area contributed by atoms with Crippen LogP contribution in [0.1, 0.15) is 28.4 Å². The summed E-state index contributed by atoms with van der Waals surface area (Å²) in [6, 6.07) is 18.8. The third kappa shape index (κ3) is 11.1. The molecule has 4 aromatic carbocycles. The molecule has 2 saturated heterocycles. The highest BCUT2D eigenvalue weighted by molar-refractivity contribution is 5.88. The van der Waals surface area contributed by atoms with E-state index in [0.717, 1.165) is 23.3 Å². The summed E-state index contributed by atoms with van der Waals surface area (Å²) in [5.74, 6) is -1.34. The molecule has 2 heterocycles. The van der Waals surface area contributed by atoms with Crippen molar-refractivity contribution in [3.05, 3.63) is 107 Å². The summed E-state index contributed by atoms with van der Waals surface area (Å²) in [4.78, 5) is 26.0. The number of hydrogen-bond donors (Lipinski definition) is 6. The average Bonchev–Trinajstić information content (AvgIpc) is 3.70. The molecule has 4 aromatic rings. The lowest BCUT2D eigenvalue weighted by Gasteiger charge is -2.41. The average molecular weight is 875 g/mol. The van der Waals surface area contributed by atoms with E-state index in [9.17, 15) is 40.2 Å². The van der Waals surface area contributed by atoms with Gasteiger partial charge in [-0.25, -0.2) is 9.59 Å². The van der Waals surface area contributed by atoms with E-state index in [4.69, 9.17) is 42.6 Å². The molecular formula is C46H50O17. The Labute approximate surface area is 362 Å². The molecule has 0 bridgehead atoms. The molecule has 6 N–H and O–H groups in total. The fourth-order valence-corrected chi connectivity index (χ4v) is 7.35. The normalized spacial score (nSPS) is 23.3. The molecule has 0 aromatic heterocycles. The number of aliphatic hydroxyl groups excluding tert-OH is 3. The molecule has 0 radical (unpaired) electrons. The number of phenols is 3. The summed E-state index contributed by atoms with van der Waals surface area (Å²) >= 11 is 0. The summed E-state index contributed by atoms with van der Waals surface area (Å²) in [5, 5.41) is 62.9. The maximum Gasteiger partial charge on any atom is 0.331 e. The zero-order chi connectivity index (χ0) is 45.2. The van der Waals surface area contributed by atoms with Crippen molar-refractivity contribution in [3.8, 4) is 46.0 Å². The number of carbonyl (C=O) groups is 2. The Bertz CT molecular complexity index is 2270. The lowest BCUT2D eigenvalue weighted by Crippen LogP contribution is -2.61. The van der Waals surface area contributed by atoms with E-state index in [1.165, 1.54) is 77.0 Å². The van der Waals surface area contributed by atoms with E-state index in [0.29, 0.717) is 29.9 Å². The number of phenolic OH excluding ortho intramolecular Hbond substituents is 3. The summed E-state index contributed by atoms with van der Waals surface area (Å²) in [5.41, 5.74) is 2.55. The molecular weight excluding hydrogens is 824 g/mol. The number of methoxy groups -OCH3 is 4. The highest BCUT2D eigenvalue weighted by Crippen LogP contribution is 2.43. The zero-order valence-corrected chi connectivity index (χ0v) is 34.9.